The predicted molar refractivity (Wildman–Crippen MR) is 112 cm³/mol. The van der Waals surface area contributed by atoms with E-state index >= 15 is 0 Å². The second-order valence-electron chi connectivity index (χ2n) is 7.07. The molecule has 1 heteroatoms. The molecule has 0 spiro atoms. The zero-order valence-electron chi connectivity index (χ0n) is 23.1. The highest BCUT2D eigenvalue weighted by Gasteiger charge is 2.19. The third kappa shape index (κ3) is 3.19. The van der Waals surface area contributed by atoms with Gasteiger partial charge in [0.25, 0.3) is 0 Å². The van der Waals surface area contributed by atoms with Gasteiger partial charge < -0.3 is 0 Å². The molecule has 0 aliphatic heterocycles. The molecule has 0 bridgehead atoms. The Bertz CT molecular complexity index is 1200. The fraction of sp³-hybridized carbons (Fsp3) is 0.320. The SMILES string of the molecule is [2H]C([2H])([2H])c1c[n+](C)c(-c2cccc(-c3c(C)cccc3C([2H])([2H])[2H])c2C)cc1C([2H])(C)C. The molecule has 1 heterocycles. The number of benzene rings is 2. The molecule has 1 nitrogen and oxygen atoms in total. The van der Waals surface area contributed by atoms with Gasteiger partial charge in [0.05, 0.1) is 0 Å². The fourth-order valence-corrected chi connectivity index (χ4v) is 3.54. The second-order valence-corrected chi connectivity index (χ2v) is 7.07. The minimum atomic E-state index is -2.34. The molecule has 0 saturated heterocycles. The zero-order valence-corrected chi connectivity index (χ0v) is 16.1. The molecule has 2 aromatic carbocycles. The second kappa shape index (κ2) is 7.07. The van der Waals surface area contributed by atoms with Crippen LogP contribution in [-0.2, 0) is 7.05 Å². The van der Waals surface area contributed by atoms with Crippen LogP contribution >= 0.6 is 0 Å². The molecule has 3 aromatic rings. The number of rotatable bonds is 3. The van der Waals surface area contributed by atoms with Crippen molar-refractivity contribution in [2.24, 2.45) is 7.05 Å². The van der Waals surface area contributed by atoms with E-state index in [0.717, 1.165) is 27.9 Å². The minimum Gasteiger partial charge on any atom is -0.201 e. The van der Waals surface area contributed by atoms with E-state index in [9.17, 15) is 0 Å². The molecule has 0 aliphatic rings. The van der Waals surface area contributed by atoms with E-state index in [1.807, 2.05) is 38.1 Å². The summed E-state index contributed by atoms with van der Waals surface area (Å²) in [6.07, 6.45) is 1.59. The van der Waals surface area contributed by atoms with Gasteiger partial charge in [0.15, 0.2) is 6.20 Å². The van der Waals surface area contributed by atoms with Crippen molar-refractivity contribution in [2.45, 2.75) is 47.3 Å². The Morgan fingerprint density at radius 1 is 0.923 bits per heavy atom. The molecule has 134 valence electrons. The van der Waals surface area contributed by atoms with E-state index in [4.69, 9.17) is 9.60 Å². The topological polar surface area (TPSA) is 3.88 Å². The molecule has 0 unspecified atom stereocenters. The lowest BCUT2D eigenvalue weighted by atomic mass is 9.89. The average Bonchev–Trinajstić information content (AvgIpc) is 2.66. The molecule has 0 N–H and O–H groups in total. The van der Waals surface area contributed by atoms with Crippen molar-refractivity contribution in [2.75, 3.05) is 0 Å². The molecule has 0 atom stereocenters. The van der Waals surface area contributed by atoms with Gasteiger partial charge in [-0.2, -0.15) is 0 Å². The Morgan fingerprint density at radius 3 is 2.27 bits per heavy atom. The first kappa shape index (κ1) is 11.3. The van der Waals surface area contributed by atoms with Gasteiger partial charge in [0.1, 0.15) is 7.05 Å². The summed E-state index contributed by atoms with van der Waals surface area (Å²) in [5.74, 6) is -1.11. The Kier molecular flexibility index (Phi) is 3.08. The summed E-state index contributed by atoms with van der Waals surface area (Å²) in [6.45, 7) is 2.63. The Labute approximate surface area is 168 Å². The van der Waals surface area contributed by atoms with Gasteiger partial charge in [-0.1, -0.05) is 44.2 Å². The first-order valence-electron chi connectivity index (χ1n) is 12.3. The molecule has 1 aromatic heterocycles. The van der Waals surface area contributed by atoms with E-state index in [1.165, 1.54) is 0 Å². The fourth-order valence-electron chi connectivity index (χ4n) is 3.54. The van der Waals surface area contributed by atoms with Crippen molar-refractivity contribution in [3.8, 4) is 22.4 Å². The number of aromatic nitrogens is 1. The summed E-state index contributed by atoms with van der Waals surface area (Å²) in [7, 11) is 1.79. The molecule has 0 fully saturated rings. The third-order valence-corrected chi connectivity index (χ3v) is 4.96. The zero-order chi connectivity index (χ0) is 24.9. The molecule has 0 saturated carbocycles. The normalized spacial score (nSPS) is 16.6. The number of nitrogens with zero attached hydrogens (tertiary/aromatic N) is 1. The van der Waals surface area contributed by atoms with Crippen molar-refractivity contribution in [1.82, 2.24) is 0 Å². The van der Waals surface area contributed by atoms with Crippen LogP contribution in [0.1, 0.15) is 57.2 Å². The van der Waals surface area contributed by atoms with Crippen LogP contribution in [0.5, 0.6) is 0 Å². The highest BCUT2D eigenvalue weighted by Crippen LogP contribution is 2.35. The van der Waals surface area contributed by atoms with Crippen LogP contribution in [0, 0.1) is 27.6 Å². The van der Waals surface area contributed by atoms with Crippen LogP contribution in [0.3, 0.4) is 0 Å². The van der Waals surface area contributed by atoms with Crippen molar-refractivity contribution < 1.29 is 14.2 Å². The lowest BCUT2D eigenvalue weighted by Gasteiger charge is -2.16. The van der Waals surface area contributed by atoms with E-state index in [-0.39, 0.29) is 5.56 Å². The predicted octanol–water partition coefficient (Wildman–Crippen LogP) is 6.20. The first-order valence-corrected chi connectivity index (χ1v) is 8.78. The Balaban J connectivity index is 2.33. The van der Waals surface area contributed by atoms with Gasteiger partial charge in [0.2, 0.25) is 5.69 Å². The van der Waals surface area contributed by atoms with Crippen molar-refractivity contribution >= 4 is 0 Å². The standard InChI is InChI=1S/C25H30N/c1-16(2)23-14-24(26(7)15-19(23)5)21-12-9-13-22(20(21)6)25-17(3)10-8-11-18(25)4/h8-16H,1-7H3/q+1/i3D3,5D3,16D. The quantitative estimate of drug-likeness (QED) is 0.494. The number of hydrogen-bond donors (Lipinski definition) is 0. The maximum atomic E-state index is 8.56. The average molecular weight is 352 g/mol. The maximum Gasteiger partial charge on any atom is 0.212 e. The Hall–Kier alpha value is -2.41. The smallest absolute Gasteiger partial charge is 0.201 e. The van der Waals surface area contributed by atoms with Crippen LogP contribution in [0.15, 0.2) is 48.7 Å². The summed E-state index contributed by atoms with van der Waals surface area (Å²) in [4.78, 5) is 0. The minimum absolute atomic E-state index is 0.158. The number of hydrogen-bond acceptors (Lipinski definition) is 0. The highest BCUT2D eigenvalue weighted by atomic mass is 14.9. The van der Waals surface area contributed by atoms with Crippen molar-refractivity contribution in [1.29, 1.82) is 0 Å². The maximum absolute atomic E-state index is 8.56. The van der Waals surface area contributed by atoms with Crippen LogP contribution in [0.4, 0.5) is 0 Å². The molecular formula is C25H30N+. The summed E-state index contributed by atoms with van der Waals surface area (Å²) in [5, 5.41) is 0. The van der Waals surface area contributed by atoms with E-state index < -0.39 is 19.6 Å². The van der Waals surface area contributed by atoms with Gasteiger partial charge >= 0.3 is 0 Å². The Morgan fingerprint density at radius 2 is 1.58 bits per heavy atom. The van der Waals surface area contributed by atoms with Gasteiger partial charge in [-0.25, -0.2) is 4.57 Å². The molecule has 0 aliphatic carbocycles. The summed E-state index contributed by atoms with van der Waals surface area (Å²) < 4.78 is 58.2. The number of aryl methyl sites for hydroxylation is 4. The number of pyridine rings is 1. The van der Waals surface area contributed by atoms with Crippen LogP contribution < -0.4 is 4.57 Å². The monoisotopic (exact) mass is 351 g/mol. The summed E-state index contributed by atoms with van der Waals surface area (Å²) in [5.41, 5.74) is 5.81. The third-order valence-electron chi connectivity index (χ3n) is 4.96. The highest BCUT2D eigenvalue weighted by molar-refractivity contribution is 5.79. The molecule has 0 radical (unpaired) electrons. The van der Waals surface area contributed by atoms with Crippen LogP contribution in [-0.4, -0.2) is 0 Å². The van der Waals surface area contributed by atoms with E-state index in [2.05, 4.69) is 0 Å². The lowest BCUT2D eigenvalue weighted by Crippen LogP contribution is -2.32. The van der Waals surface area contributed by atoms with Crippen LogP contribution in [0.25, 0.3) is 22.4 Å². The van der Waals surface area contributed by atoms with Gasteiger partial charge in [-0.05, 0) is 72.9 Å². The summed E-state index contributed by atoms with van der Waals surface area (Å²) >= 11 is 0. The molecule has 3 rings (SSSR count). The van der Waals surface area contributed by atoms with Crippen molar-refractivity contribution in [3.63, 3.8) is 0 Å². The van der Waals surface area contributed by atoms with E-state index in [0.29, 0.717) is 16.7 Å². The van der Waals surface area contributed by atoms with Gasteiger partial charge in [0, 0.05) is 26.8 Å². The van der Waals surface area contributed by atoms with Crippen molar-refractivity contribution in [3.05, 3.63) is 76.5 Å². The summed E-state index contributed by atoms with van der Waals surface area (Å²) in [6, 6.07) is 12.8. The molecular weight excluding hydrogens is 314 g/mol. The largest absolute Gasteiger partial charge is 0.212 e. The van der Waals surface area contributed by atoms with Crippen LogP contribution in [0.2, 0.25) is 0 Å². The lowest BCUT2D eigenvalue weighted by molar-refractivity contribution is -0.660. The molecule has 26 heavy (non-hydrogen) atoms. The van der Waals surface area contributed by atoms with Gasteiger partial charge in [-0.15, -0.1) is 0 Å². The molecule has 0 amide bonds. The van der Waals surface area contributed by atoms with Gasteiger partial charge in [-0.3, -0.25) is 0 Å². The van der Waals surface area contributed by atoms with E-state index in [1.54, 1.807) is 49.9 Å². The first-order chi connectivity index (χ1) is 15.0.